The Kier molecular flexibility index (Phi) is 9.03. The maximum absolute atomic E-state index is 12.1. The number of nitrogens with one attached hydrogen (secondary N) is 3. The quantitative estimate of drug-likeness (QED) is 0.532. The molecule has 0 aromatic heterocycles. The number of rotatable bonds is 11. The van der Waals surface area contributed by atoms with E-state index in [0.717, 1.165) is 18.5 Å². The van der Waals surface area contributed by atoms with Gasteiger partial charge in [-0.1, -0.05) is 36.4 Å². The zero-order chi connectivity index (χ0) is 19.3. The van der Waals surface area contributed by atoms with Crippen LogP contribution in [0.5, 0.6) is 0 Å². The second-order valence-electron chi connectivity index (χ2n) is 6.19. The number of benzene rings is 2. The first-order valence-electron chi connectivity index (χ1n) is 9.10. The molecule has 0 aliphatic rings. The molecule has 0 radical (unpaired) electrons. The molecule has 0 fully saturated rings. The maximum atomic E-state index is 12.1. The molecular formula is C21H27N3O3. The molecule has 2 aromatic carbocycles. The first-order chi connectivity index (χ1) is 13.2. The Hall–Kier alpha value is -2.70. The largest absolute Gasteiger partial charge is 0.385 e. The smallest absolute Gasteiger partial charge is 0.238 e. The fourth-order valence-electron chi connectivity index (χ4n) is 2.55. The Morgan fingerprint density at radius 3 is 2.33 bits per heavy atom. The monoisotopic (exact) mass is 369 g/mol. The van der Waals surface area contributed by atoms with Gasteiger partial charge in [0.1, 0.15) is 0 Å². The SMILES string of the molecule is COCCCNCC(=O)Nc1cccc(NC(=O)CCc2ccccc2)c1. The molecule has 6 heteroatoms. The molecule has 2 rings (SSSR count). The van der Waals surface area contributed by atoms with E-state index < -0.39 is 0 Å². The molecule has 0 atom stereocenters. The standard InChI is InChI=1S/C21H27N3O3/c1-27-14-6-13-22-16-21(26)24-19-10-5-9-18(15-19)23-20(25)12-11-17-7-3-2-4-8-17/h2-5,7-10,15,22H,6,11-14,16H2,1H3,(H,23,25)(H,24,26). The summed E-state index contributed by atoms with van der Waals surface area (Å²) in [5, 5.41) is 8.75. The highest BCUT2D eigenvalue weighted by molar-refractivity contribution is 5.94. The van der Waals surface area contributed by atoms with E-state index in [-0.39, 0.29) is 18.4 Å². The van der Waals surface area contributed by atoms with Gasteiger partial charge in [-0.15, -0.1) is 0 Å². The van der Waals surface area contributed by atoms with Gasteiger partial charge in [0.25, 0.3) is 0 Å². The van der Waals surface area contributed by atoms with Gasteiger partial charge < -0.3 is 20.7 Å². The molecule has 0 aliphatic carbocycles. The van der Waals surface area contributed by atoms with Gasteiger partial charge in [0.05, 0.1) is 6.54 Å². The number of carbonyl (C=O) groups excluding carboxylic acids is 2. The van der Waals surface area contributed by atoms with Crippen LogP contribution in [-0.4, -0.2) is 38.6 Å². The van der Waals surface area contributed by atoms with Gasteiger partial charge in [0, 0.05) is 31.5 Å². The van der Waals surface area contributed by atoms with E-state index in [1.165, 1.54) is 0 Å². The molecule has 0 saturated heterocycles. The molecule has 144 valence electrons. The Bertz CT molecular complexity index is 720. The number of methoxy groups -OCH3 is 1. The molecule has 0 spiro atoms. The highest BCUT2D eigenvalue weighted by Gasteiger charge is 2.06. The molecule has 6 nitrogen and oxygen atoms in total. The van der Waals surface area contributed by atoms with Crippen LogP contribution in [0.4, 0.5) is 11.4 Å². The lowest BCUT2D eigenvalue weighted by atomic mass is 10.1. The molecule has 0 saturated carbocycles. The molecule has 0 bridgehead atoms. The number of carbonyl (C=O) groups is 2. The van der Waals surface area contributed by atoms with Gasteiger partial charge in [0.15, 0.2) is 0 Å². The summed E-state index contributed by atoms with van der Waals surface area (Å²) in [5.74, 6) is -0.179. The summed E-state index contributed by atoms with van der Waals surface area (Å²) >= 11 is 0. The average Bonchev–Trinajstić information content (AvgIpc) is 2.67. The first kappa shape index (κ1) is 20.6. The molecular weight excluding hydrogens is 342 g/mol. The predicted molar refractivity (Wildman–Crippen MR) is 108 cm³/mol. The van der Waals surface area contributed by atoms with Crippen molar-refractivity contribution in [3.05, 3.63) is 60.2 Å². The van der Waals surface area contributed by atoms with E-state index in [2.05, 4.69) is 16.0 Å². The molecule has 0 heterocycles. The van der Waals surface area contributed by atoms with Crippen LogP contribution in [0.1, 0.15) is 18.4 Å². The number of ether oxygens (including phenoxy) is 1. The van der Waals surface area contributed by atoms with E-state index in [4.69, 9.17) is 4.74 Å². The lowest BCUT2D eigenvalue weighted by Crippen LogP contribution is -2.29. The minimum Gasteiger partial charge on any atom is -0.385 e. The third kappa shape index (κ3) is 8.48. The molecule has 2 aromatic rings. The normalized spacial score (nSPS) is 10.4. The van der Waals surface area contributed by atoms with E-state index in [1.54, 1.807) is 31.4 Å². The highest BCUT2D eigenvalue weighted by Crippen LogP contribution is 2.15. The van der Waals surface area contributed by atoms with Crippen LogP contribution in [-0.2, 0) is 20.7 Å². The van der Waals surface area contributed by atoms with E-state index in [0.29, 0.717) is 30.8 Å². The molecule has 2 amide bonds. The second-order valence-corrected chi connectivity index (χ2v) is 6.19. The number of hydrogen-bond donors (Lipinski definition) is 3. The van der Waals surface area contributed by atoms with E-state index >= 15 is 0 Å². The van der Waals surface area contributed by atoms with Gasteiger partial charge in [-0.3, -0.25) is 9.59 Å². The fraction of sp³-hybridized carbons (Fsp3) is 0.333. The number of anilines is 2. The van der Waals surface area contributed by atoms with Crippen molar-refractivity contribution in [2.75, 3.05) is 37.4 Å². The number of hydrogen-bond acceptors (Lipinski definition) is 4. The summed E-state index contributed by atoms with van der Waals surface area (Å²) in [5.41, 5.74) is 2.45. The zero-order valence-corrected chi connectivity index (χ0v) is 15.7. The van der Waals surface area contributed by atoms with Crippen molar-refractivity contribution in [2.45, 2.75) is 19.3 Å². The average molecular weight is 369 g/mol. The minimum atomic E-state index is -0.125. The maximum Gasteiger partial charge on any atom is 0.238 e. The van der Waals surface area contributed by atoms with Gasteiger partial charge in [-0.2, -0.15) is 0 Å². The summed E-state index contributed by atoms with van der Waals surface area (Å²) in [6, 6.07) is 17.1. The van der Waals surface area contributed by atoms with Gasteiger partial charge in [-0.25, -0.2) is 0 Å². The molecule has 27 heavy (non-hydrogen) atoms. The van der Waals surface area contributed by atoms with Crippen LogP contribution in [0, 0.1) is 0 Å². The lowest BCUT2D eigenvalue weighted by molar-refractivity contribution is -0.116. The van der Waals surface area contributed by atoms with Crippen LogP contribution in [0.2, 0.25) is 0 Å². The molecule has 0 aliphatic heterocycles. The van der Waals surface area contributed by atoms with Gasteiger partial charge >= 0.3 is 0 Å². The predicted octanol–water partition coefficient (Wildman–Crippen LogP) is 2.82. The van der Waals surface area contributed by atoms with Crippen molar-refractivity contribution < 1.29 is 14.3 Å². The summed E-state index contributed by atoms with van der Waals surface area (Å²) in [6.07, 6.45) is 1.96. The van der Waals surface area contributed by atoms with Crippen LogP contribution in [0.3, 0.4) is 0 Å². The van der Waals surface area contributed by atoms with Crippen molar-refractivity contribution in [3.63, 3.8) is 0 Å². The van der Waals surface area contributed by atoms with Crippen molar-refractivity contribution in [2.24, 2.45) is 0 Å². The van der Waals surface area contributed by atoms with Crippen molar-refractivity contribution in [3.8, 4) is 0 Å². The van der Waals surface area contributed by atoms with E-state index in [9.17, 15) is 9.59 Å². The van der Waals surface area contributed by atoms with Crippen molar-refractivity contribution in [1.82, 2.24) is 5.32 Å². The van der Waals surface area contributed by atoms with Crippen LogP contribution in [0.25, 0.3) is 0 Å². The molecule has 0 unspecified atom stereocenters. The van der Waals surface area contributed by atoms with Gasteiger partial charge in [0.2, 0.25) is 11.8 Å². The Balaban J connectivity index is 1.75. The first-order valence-corrected chi connectivity index (χ1v) is 9.10. The summed E-state index contributed by atoms with van der Waals surface area (Å²) < 4.78 is 4.96. The second kappa shape index (κ2) is 11.8. The fourth-order valence-corrected chi connectivity index (χ4v) is 2.55. The minimum absolute atomic E-state index is 0.0536. The summed E-state index contributed by atoms with van der Waals surface area (Å²) in [6.45, 7) is 1.62. The topological polar surface area (TPSA) is 79.5 Å². The third-order valence-corrected chi connectivity index (χ3v) is 3.90. The highest BCUT2D eigenvalue weighted by atomic mass is 16.5. The Labute approximate surface area is 160 Å². The summed E-state index contributed by atoms with van der Waals surface area (Å²) in [4.78, 5) is 24.1. The number of aryl methyl sites for hydroxylation is 1. The lowest BCUT2D eigenvalue weighted by Gasteiger charge is -2.09. The van der Waals surface area contributed by atoms with Crippen LogP contribution in [0.15, 0.2) is 54.6 Å². The summed E-state index contributed by atoms with van der Waals surface area (Å²) in [7, 11) is 1.65. The van der Waals surface area contributed by atoms with Crippen molar-refractivity contribution >= 4 is 23.2 Å². The van der Waals surface area contributed by atoms with Crippen LogP contribution < -0.4 is 16.0 Å². The Morgan fingerprint density at radius 2 is 1.63 bits per heavy atom. The third-order valence-electron chi connectivity index (χ3n) is 3.90. The zero-order valence-electron chi connectivity index (χ0n) is 15.7. The number of amides is 2. The molecule has 3 N–H and O–H groups in total. The Morgan fingerprint density at radius 1 is 0.926 bits per heavy atom. The van der Waals surface area contributed by atoms with Gasteiger partial charge in [-0.05, 0) is 43.1 Å². The van der Waals surface area contributed by atoms with Crippen molar-refractivity contribution in [1.29, 1.82) is 0 Å². The van der Waals surface area contributed by atoms with E-state index in [1.807, 2.05) is 30.3 Å². The van der Waals surface area contributed by atoms with Crippen LogP contribution >= 0.6 is 0 Å².